The zero-order valence-electron chi connectivity index (χ0n) is 13.0. The minimum Gasteiger partial charge on any atom is -0.310 e. The van der Waals surface area contributed by atoms with Gasteiger partial charge >= 0.3 is 0 Å². The molecule has 2 aliphatic carbocycles. The Kier molecular flexibility index (Phi) is 4.77. The first-order chi connectivity index (χ1) is 9.88. The van der Waals surface area contributed by atoms with Gasteiger partial charge in [-0.25, -0.2) is 0 Å². The van der Waals surface area contributed by atoms with Gasteiger partial charge < -0.3 is 5.32 Å². The second-order valence-electron chi connectivity index (χ2n) is 6.67. The van der Waals surface area contributed by atoms with Gasteiger partial charge in [0, 0.05) is 6.04 Å². The molecule has 0 aliphatic heterocycles. The molecule has 20 heavy (non-hydrogen) atoms. The Morgan fingerprint density at radius 3 is 2.50 bits per heavy atom. The Morgan fingerprint density at radius 1 is 1.00 bits per heavy atom. The largest absolute Gasteiger partial charge is 0.310 e. The van der Waals surface area contributed by atoms with Crippen molar-refractivity contribution < 1.29 is 0 Å². The van der Waals surface area contributed by atoms with Crippen LogP contribution in [0.15, 0.2) is 18.2 Å². The van der Waals surface area contributed by atoms with Gasteiger partial charge in [0.25, 0.3) is 0 Å². The summed E-state index contributed by atoms with van der Waals surface area (Å²) in [5.74, 6) is 0.844. The maximum Gasteiger partial charge on any atom is 0.0348 e. The molecule has 3 rings (SSSR count). The van der Waals surface area contributed by atoms with Gasteiger partial charge in [0.05, 0.1) is 0 Å². The average Bonchev–Trinajstić information content (AvgIpc) is 2.77. The van der Waals surface area contributed by atoms with Gasteiger partial charge in [-0.2, -0.15) is 0 Å². The van der Waals surface area contributed by atoms with Crippen molar-refractivity contribution in [1.29, 1.82) is 0 Å². The zero-order valence-corrected chi connectivity index (χ0v) is 13.0. The molecule has 1 atom stereocenters. The highest BCUT2D eigenvalue weighted by Crippen LogP contribution is 2.35. The maximum atomic E-state index is 3.79. The maximum absolute atomic E-state index is 3.79. The summed E-state index contributed by atoms with van der Waals surface area (Å²) < 4.78 is 0. The number of aryl methyl sites for hydroxylation is 2. The molecule has 110 valence electrons. The fourth-order valence-electron chi connectivity index (χ4n) is 4.21. The molecule has 1 heteroatoms. The Balaban J connectivity index is 1.81. The minimum atomic E-state index is 0.587. The summed E-state index contributed by atoms with van der Waals surface area (Å²) in [7, 11) is 0. The molecular formula is C19H29N. The van der Waals surface area contributed by atoms with Crippen LogP contribution in [0.2, 0.25) is 0 Å². The fraction of sp³-hybridized carbons (Fsp3) is 0.684. The van der Waals surface area contributed by atoms with E-state index in [2.05, 4.69) is 30.4 Å². The molecule has 1 saturated carbocycles. The Morgan fingerprint density at radius 2 is 1.75 bits per heavy atom. The van der Waals surface area contributed by atoms with Gasteiger partial charge in [0.1, 0.15) is 0 Å². The third kappa shape index (κ3) is 3.09. The summed E-state index contributed by atoms with van der Waals surface area (Å²) in [6.45, 7) is 3.33. The molecule has 1 N–H and O–H groups in total. The summed E-state index contributed by atoms with van der Waals surface area (Å²) in [4.78, 5) is 0. The Labute approximate surface area is 124 Å². The van der Waals surface area contributed by atoms with Crippen molar-refractivity contribution in [2.45, 2.75) is 70.8 Å². The number of hydrogen-bond donors (Lipinski definition) is 1. The van der Waals surface area contributed by atoms with Crippen LogP contribution >= 0.6 is 0 Å². The molecule has 0 spiro atoms. The third-order valence-corrected chi connectivity index (χ3v) is 5.28. The van der Waals surface area contributed by atoms with E-state index in [-0.39, 0.29) is 0 Å². The van der Waals surface area contributed by atoms with Crippen LogP contribution in [0.1, 0.15) is 74.6 Å². The summed E-state index contributed by atoms with van der Waals surface area (Å²) >= 11 is 0. The molecule has 1 aromatic carbocycles. The number of fused-ring (bicyclic) bond motifs is 1. The lowest BCUT2D eigenvalue weighted by atomic mass is 9.86. The highest BCUT2D eigenvalue weighted by atomic mass is 14.9. The average molecular weight is 271 g/mol. The van der Waals surface area contributed by atoms with Gasteiger partial charge in [-0.1, -0.05) is 50.8 Å². The first kappa shape index (κ1) is 14.1. The predicted octanol–water partition coefficient (Wildman–Crippen LogP) is 4.80. The van der Waals surface area contributed by atoms with Crippen molar-refractivity contribution in [2.75, 3.05) is 6.54 Å². The molecule has 0 radical (unpaired) electrons. The van der Waals surface area contributed by atoms with E-state index in [1.807, 2.05) is 0 Å². The van der Waals surface area contributed by atoms with Crippen LogP contribution in [0.5, 0.6) is 0 Å². The number of rotatable bonds is 4. The summed E-state index contributed by atoms with van der Waals surface area (Å²) in [5, 5.41) is 3.79. The zero-order chi connectivity index (χ0) is 13.8. The van der Waals surface area contributed by atoms with Crippen molar-refractivity contribution in [3.05, 3.63) is 34.9 Å². The van der Waals surface area contributed by atoms with Gasteiger partial charge in [-0.15, -0.1) is 0 Å². The van der Waals surface area contributed by atoms with E-state index in [0.29, 0.717) is 6.04 Å². The monoisotopic (exact) mass is 271 g/mol. The lowest BCUT2D eigenvalue weighted by Gasteiger charge is -2.28. The standard InChI is InChI=1S/C19H29N/c1-2-20-19(16-8-5-3-4-6-9-16)18-13-12-15-10-7-11-17(15)14-18/h12-14,16,19-20H,2-11H2,1H3. The second-order valence-corrected chi connectivity index (χ2v) is 6.67. The lowest BCUT2D eigenvalue weighted by molar-refractivity contribution is 0.330. The van der Waals surface area contributed by atoms with E-state index < -0.39 is 0 Å². The highest BCUT2D eigenvalue weighted by molar-refractivity contribution is 5.36. The topological polar surface area (TPSA) is 12.0 Å². The van der Waals surface area contributed by atoms with Crippen LogP contribution in [0.25, 0.3) is 0 Å². The van der Waals surface area contributed by atoms with Crippen molar-refractivity contribution in [1.82, 2.24) is 5.32 Å². The van der Waals surface area contributed by atoms with E-state index in [4.69, 9.17) is 0 Å². The summed E-state index contributed by atoms with van der Waals surface area (Å²) in [6, 6.07) is 7.91. The van der Waals surface area contributed by atoms with E-state index >= 15 is 0 Å². The first-order valence-electron chi connectivity index (χ1n) is 8.73. The fourth-order valence-corrected chi connectivity index (χ4v) is 4.21. The predicted molar refractivity (Wildman–Crippen MR) is 86.1 cm³/mol. The molecule has 0 saturated heterocycles. The molecule has 1 fully saturated rings. The SMILES string of the molecule is CCNC(c1ccc2c(c1)CCC2)C1CCCCCC1. The first-order valence-corrected chi connectivity index (χ1v) is 8.73. The summed E-state index contributed by atoms with van der Waals surface area (Å²) in [5.41, 5.74) is 4.78. The van der Waals surface area contributed by atoms with E-state index in [1.165, 1.54) is 57.8 Å². The van der Waals surface area contributed by atoms with Gasteiger partial charge in [0.15, 0.2) is 0 Å². The minimum absolute atomic E-state index is 0.587. The number of hydrogen-bond acceptors (Lipinski definition) is 1. The second kappa shape index (κ2) is 6.76. The van der Waals surface area contributed by atoms with Crippen molar-refractivity contribution in [2.24, 2.45) is 5.92 Å². The molecule has 0 heterocycles. The van der Waals surface area contributed by atoms with Crippen LogP contribution in [0.4, 0.5) is 0 Å². The Hall–Kier alpha value is -0.820. The lowest BCUT2D eigenvalue weighted by Crippen LogP contribution is -2.28. The molecular weight excluding hydrogens is 242 g/mol. The number of benzene rings is 1. The number of nitrogens with one attached hydrogen (secondary N) is 1. The van der Waals surface area contributed by atoms with Gasteiger partial charge in [-0.05, 0) is 61.3 Å². The van der Waals surface area contributed by atoms with E-state index in [1.54, 1.807) is 16.7 Å². The van der Waals surface area contributed by atoms with Crippen LogP contribution in [-0.2, 0) is 12.8 Å². The van der Waals surface area contributed by atoms with E-state index in [0.717, 1.165) is 12.5 Å². The molecule has 0 aromatic heterocycles. The molecule has 1 unspecified atom stereocenters. The summed E-state index contributed by atoms with van der Waals surface area (Å²) in [6.07, 6.45) is 12.5. The van der Waals surface area contributed by atoms with Crippen LogP contribution in [0.3, 0.4) is 0 Å². The van der Waals surface area contributed by atoms with Gasteiger partial charge in [0.2, 0.25) is 0 Å². The van der Waals surface area contributed by atoms with Gasteiger partial charge in [-0.3, -0.25) is 0 Å². The molecule has 1 nitrogen and oxygen atoms in total. The quantitative estimate of drug-likeness (QED) is 0.776. The molecule has 0 bridgehead atoms. The molecule has 2 aliphatic rings. The smallest absolute Gasteiger partial charge is 0.0348 e. The van der Waals surface area contributed by atoms with E-state index in [9.17, 15) is 0 Å². The normalized spacial score (nSPS) is 21.4. The van der Waals surface area contributed by atoms with Crippen LogP contribution < -0.4 is 5.32 Å². The molecule has 1 aromatic rings. The van der Waals surface area contributed by atoms with Crippen LogP contribution in [-0.4, -0.2) is 6.54 Å². The highest BCUT2D eigenvalue weighted by Gasteiger charge is 2.24. The van der Waals surface area contributed by atoms with Crippen molar-refractivity contribution >= 4 is 0 Å². The van der Waals surface area contributed by atoms with Crippen LogP contribution in [0, 0.1) is 5.92 Å². The molecule has 0 amide bonds. The Bertz CT molecular complexity index is 429. The third-order valence-electron chi connectivity index (χ3n) is 5.28. The van der Waals surface area contributed by atoms with Crippen molar-refractivity contribution in [3.63, 3.8) is 0 Å². The van der Waals surface area contributed by atoms with Crippen molar-refractivity contribution in [3.8, 4) is 0 Å².